The molecule has 0 aromatic rings. The molecule has 0 amide bonds. The lowest BCUT2D eigenvalue weighted by atomic mass is 10.4. The van der Waals surface area contributed by atoms with Crippen LogP contribution in [0.3, 0.4) is 0 Å². The molecule has 0 N–H and O–H groups in total. The van der Waals surface area contributed by atoms with Gasteiger partial charge >= 0.3 is 36.2 Å². The van der Waals surface area contributed by atoms with Gasteiger partial charge in [-0.25, -0.2) is 28.8 Å². The highest BCUT2D eigenvalue weighted by Crippen LogP contribution is 2.04. The van der Waals surface area contributed by atoms with Crippen molar-refractivity contribution in [2.24, 2.45) is 0 Å². The van der Waals surface area contributed by atoms with Crippen LogP contribution in [0, 0.1) is 0 Å². The Hall–Kier alpha value is -4.14. The molecule has 15 heteroatoms. The lowest BCUT2D eigenvalue weighted by Gasteiger charge is -2.16. The summed E-state index contributed by atoms with van der Waals surface area (Å²) in [7, 11) is 0. The van der Waals surface area contributed by atoms with E-state index in [9.17, 15) is 28.8 Å². The number of rotatable bonds is 18. The zero-order valence-electron chi connectivity index (χ0n) is 22.2. The van der Waals surface area contributed by atoms with Crippen LogP contribution in [0.15, 0.2) is 25.3 Å². The summed E-state index contributed by atoms with van der Waals surface area (Å²) < 4.78 is 43.1. The van der Waals surface area contributed by atoms with E-state index in [0.717, 1.165) is 0 Å². The second kappa shape index (κ2) is 19.9. The van der Waals surface area contributed by atoms with Crippen LogP contribution in [0.1, 0.15) is 27.7 Å². The van der Waals surface area contributed by atoms with Gasteiger partial charge in [0.2, 0.25) is 0 Å². The Morgan fingerprint density at radius 1 is 0.513 bits per heavy atom. The standard InChI is InChI=1S/C24H34O15/c1-7-9-32-19(25)15(3)36-21(27)17(5)38-23(29)34-13-11-31-12-14-35-24(30)39-18(6)22(28)37-16(4)20(26)33-10-8-2/h7-8,15-18H,1-2,9-14H2,3-6H3/t15-,16-,17-,18-/m0/s1. The molecule has 0 aliphatic heterocycles. The summed E-state index contributed by atoms with van der Waals surface area (Å²) in [5.41, 5.74) is 0. The van der Waals surface area contributed by atoms with Crippen molar-refractivity contribution in [1.82, 2.24) is 0 Å². The molecule has 0 rings (SSSR count). The van der Waals surface area contributed by atoms with Gasteiger partial charge in [-0.15, -0.1) is 0 Å². The number of hydrogen-bond donors (Lipinski definition) is 0. The molecule has 0 unspecified atom stereocenters. The third-order valence-corrected chi connectivity index (χ3v) is 4.04. The normalized spacial score (nSPS) is 13.2. The Morgan fingerprint density at radius 2 is 0.846 bits per heavy atom. The highest BCUT2D eigenvalue weighted by atomic mass is 16.7. The van der Waals surface area contributed by atoms with Crippen molar-refractivity contribution in [2.75, 3.05) is 39.6 Å². The molecule has 220 valence electrons. The molecule has 0 radical (unpaired) electrons. The minimum absolute atomic E-state index is 0.0514. The third kappa shape index (κ3) is 16.3. The first-order valence-corrected chi connectivity index (χ1v) is 11.6. The molecule has 0 aromatic heterocycles. The number of carbonyl (C=O) groups is 6. The Kier molecular flexibility index (Phi) is 17.8. The van der Waals surface area contributed by atoms with Gasteiger partial charge < -0.3 is 42.6 Å². The minimum atomic E-state index is -1.36. The zero-order chi connectivity index (χ0) is 29.8. The van der Waals surface area contributed by atoms with Gasteiger partial charge in [-0.1, -0.05) is 25.3 Å². The van der Waals surface area contributed by atoms with Gasteiger partial charge in [0.25, 0.3) is 0 Å². The SMILES string of the molecule is C=CCOC(=O)[C@H](C)OC(=O)[C@H](C)OC(=O)OCCOCCOC(=O)O[C@@H](C)C(=O)O[C@@H](C)C(=O)OCC=C. The summed E-state index contributed by atoms with van der Waals surface area (Å²) in [6.45, 7) is 10.9. The molecule has 0 spiro atoms. The first-order valence-electron chi connectivity index (χ1n) is 11.6. The quantitative estimate of drug-likeness (QED) is 0.101. The van der Waals surface area contributed by atoms with E-state index >= 15 is 0 Å². The summed E-state index contributed by atoms with van der Waals surface area (Å²) in [4.78, 5) is 70.2. The van der Waals surface area contributed by atoms with Gasteiger partial charge in [0, 0.05) is 0 Å². The van der Waals surface area contributed by atoms with Crippen molar-refractivity contribution < 1.29 is 71.4 Å². The van der Waals surface area contributed by atoms with Gasteiger partial charge in [-0.2, -0.15) is 0 Å². The van der Waals surface area contributed by atoms with Gasteiger partial charge in [0.15, 0.2) is 24.4 Å². The van der Waals surface area contributed by atoms with E-state index in [4.69, 9.17) is 42.6 Å². The van der Waals surface area contributed by atoms with Crippen LogP contribution in [-0.4, -0.2) is 100 Å². The molecule has 0 aromatic carbocycles. The molecular weight excluding hydrogens is 528 g/mol. The highest BCUT2D eigenvalue weighted by molar-refractivity contribution is 5.82. The summed E-state index contributed by atoms with van der Waals surface area (Å²) >= 11 is 0. The topological polar surface area (TPSA) is 185 Å². The van der Waals surface area contributed by atoms with Crippen molar-refractivity contribution in [1.29, 1.82) is 0 Å². The Balaban J connectivity index is 4.03. The van der Waals surface area contributed by atoms with Crippen molar-refractivity contribution >= 4 is 36.2 Å². The maximum absolute atomic E-state index is 11.9. The Labute approximate surface area is 225 Å². The smallest absolute Gasteiger partial charge is 0.459 e. The van der Waals surface area contributed by atoms with E-state index in [0.29, 0.717) is 0 Å². The molecule has 0 bridgehead atoms. The first kappa shape index (κ1) is 34.9. The monoisotopic (exact) mass is 562 g/mol. The Bertz CT molecular complexity index is 784. The van der Waals surface area contributed by atoms with E-state index in [2.05, 4.69) is 13.2 Å². The second-order valence-electron chi connectivity index (χ2n) is 7.33. The van der Waals surface area contributed by atoms with Crippen molar-refractivity contribution in [2.45, 2.75) is 52.1 Å². The zero-order valence-corrected chi connectivity index (χ0v) is 22.2. The van der Waals surface area contributed by atoms with Crippen LogP contribution in [-0.2, 0) is 61.8 Å². The van der Waals surface area contributed by atoms with Crippen LogP contribution in [0.5, 0.6) is 0 Å². The summed E-state index contributed by atoms with van der Waals surface area (Å²) in [5.74, 6) is -3.56. The van der Waals surface area contributed by atoms with Crippen molar-refractivity contribution in [3.8, 4) is 0 Å². The van der Waals surface area contributed by atoms with Gasteiger partial charge in [0.05, 0.1) is 13.2 Å². The molecular formula is C24H34O15. The number of esters is 4. The fourth-order valence-corrected chi connectivity index (χ4v) is 2.08. The fourth-order valence-electron chi connectivity index (χ4n) is 2.08. The summed E-state index contributed by atoms with van der Waals surface area (Å²) in [6.07, 6.45) is -4.83. The van der Waals surface area contributed by atoms with Crippen LogP contribution < -0.4 is 0 Å². The van der Waals surface area contributed by atoms with Crippen molar-refractivity contribution in [3.05, 3.63) is 25.3 Å². The maximum Gasteiger partial charge on any atom is 0.509 e. The largest absolute Gasteiger partial charge is 0.509 e. The Morgan fingerprint density at radius 3 is 1.18 bits per heavy atom. The molecule has 0 aliphatic rings. The summed E-state index contributed by atoms with van der Waals surface area (Å²) in [5, 5.41) is 0. The van der Waals surface area contributed by atoms with Gasteiger partial charge in [-0.3, -0.25) is 0 Å². The van der Waals surface area contributed by atoms with Crippen molar-refractivity contribution in [3.63, 3.8) is 0 Å². The maximum atomic E-state index is 11.9. The molecule has 0 heterocycles. The predicted octanol–water partition coefficient (Wildman–Crippen LogP) is 1.41. The van der Waals surface area contributed by atoms with Crippen LogP contribution in [0.2, 0.25) is 0 Å². The number of carbonyl (C=O) groups excluding carboxylic acids is 6. The molecule has 0 aliphatic carbocycles. The molecule has 0 saturated heterocycles. The van der Waals surface area contributed by atoms with E-state index < -0.39 is 60.6 Å². The lowest BCUT2D eigenvalue weighted by molar-refractivity contribution is -0.171. The molecule has 0 saturated carbocycles. The molecule has 39 heavy (non-hydrogen) atoms. The van der Waals surface area contributed by atoms with Gasteiger partial charge in [-0.05, 0) is 27.7 Å². The van der Waals surface area contributed by atoms with E-state index in [1.54, 1.807) is 0 Å². The van der Waals surface area contributed by atoms with Gasteiger partial charge in [0.1, 0.15) is 26.4 Å². The second-order valence-corrected chi connectivity index (χ2v) is 7.33. The average Bonchev–Trinajstić information content (AvgIpc) is 2.89. The number of hydrogen-bond acceptors (Lipinski definition) is 15. The van der Waals surface area contributed by atoms with Crippen LogP contribution in [0.4, 0.5) is 9.59 Å². The fraction of sp³-hybridized carbons (Fsp3) is 0.583. The molecule has 0 fully saturated rings. The lowest BCUT2D eigenvalue weighted by Crippen LogP contribution is -2.33. The van der Waals surface area contributed by atoms with Crippen LogP contribution >= 0.6 is 0 Å². The third-order valence-electron chi connectivity index (χ3n) is 4.04. The van der Waals surface area contributed by atoms with Crippen LogP contribution in [0.25, 0.3) is 0 Å². The minimum Gasteiger partial charge on any atom is -0.459 e. The predicted molar refractivity (Wildman–Crippen MR) is 128 cm³/mol. The summed E-state index contributed by atoms with van der Waals surface area (Å²) in [6, 6.07) is 0. The molecule has 15 nitrogen and oxygen atoms in total. The first-order chi connectivity index (χ1) is 18.4. The van der Waals surface area contributed by atoms with E-state index in [1.165, 1.54) is 39.8 Å². The number of ether oxygens (including phenoxy) is 9. The van der Waals surface area contributed by atoms with E-state index in [1.807, 2.05) is 0 Å². The average molecular weight is 563 g/mol. The van der Waals surface area contributed by atoms with E-state index in [-0.39, 0.29) is 39.6 Å². The highest BCUT2D eigenvalue weighted by Gasteiger charge is 2.27. The molecule has 4 atom stereocenters.